The van der Waals surface area contributed by atoms with E-state index < -0.39 is 6.10 Å². The van der Waals surface area contributed by atoms with Crippen LogP contribution < -0.4 is 5.32 Å². The first-order valence-electron chi connectivity index (χ1n) is 7.72. The predicted molar refractivity (Wildman–Crippen MR) is 91.8 cm³/mol. The number of amides is 1. The van der Waals surface area contributed by atoms with Gasteiger partial charge in [0.25, 0.3) is 5.91 Å². The van der Waals surface area contributed by atoms with Crippen molar-refractivity contribution in [2.75, 3.05) is 6.54 Å². The summed E-state index contributed by atoms with van der Waals surface area (Å²) in [5, 5.41) is 15.2. The number of aromatic nitrogens is 1. The van der Waals surface area contributed by atoms with Crippen LogP contribution in [0.15, 0.2) is 65.3 Å². The number of aliphatic hydroxyl groups excluding tert-OH is 1. The van der Waals surface area contributed by atoms with Gasteiger partial charge >= 0.3 is 0 Å². The fraction of sp³-hybridized carbons (Fsp3) is 0.105. The molecule has 120 valence electrons. The monoisotopic (exact) mass is 320 g/mol. The minimum atomic E-state index is -0.767. The van der Waals surface area contributed by atoms with Crippen LogP contribution in [0.1, 0.15) is 22.2 Å². The van der Waals surface area contributed by atoms with E-state index in [0.717, 1.165) is 21.9 Å². The van der Waals surface area contributed by atoms with Crippen molar-refractivity contribution >= 4 is 27.8 Å². The largest absolute Gasteiger partial charge is 0.463 e. The number of nitrogens with one attached hydrogen (secondary N) is 2. The second-order valence-electron chi connectivity index (χ2n) is 5.71. The van der Waals surface area contributed by atoms with E-state index in [2.05, 4.69) is 10.3 Å². The summed E-state index contributed by atoms with van der Waals surface area (Å²) < 4.78 is 5.22. The maximum Gasteiger partial charge on any atom is 0.267 e. The van der Waals surface area contributed by atoms with Crippen LogP contribution in [0.4, 0.5) is 0 Å². The molecule has 4 rings (SSSR count). The first-order valence-corrected chi connectivity index (χ1v) is 7.72. The molecular weight excluding hydrogens is 304 g/mol. The van der Waals surface area contributed by atoms with Gasteiger partial charge in [0, 0.05) is 18.7 Å². The molecule has 2 aromatic carbocycles. The lowest BCUT2D eigenvalue weighted by Gasteiger charge is -2.12. The Labute approximate surface area is 137 Å². The number of rotatable bonds is 4. The molecule has 0 spiro atoms. The lowest BCUT2D eigenvalue weighted by atomic mass is 10.0. The molecule has 0 saturated heterocycles. The van der Waals surface area contributed by atoms with Crippen molar-refractivity contribution in [3.05, 3.63) is 72.1 Å². The van der Waals surface area contributed by atoms with Gasteiger partial charge in [0.15, 0.2) is 5.58 Å². The zero-order valence-corrected chi connectivity index (χ0v) is 12.8. The molecule has 2 heterocycles. The fourth-order valence-corrected chi connectivity index (χ4v) is 2.79. The highest BCUT2D eigenvalue weighted by atomic mass is 16.3. The molecule has 0 radical (unpaired) electrons. The van der Waals surface area contributed by atoms with Crippen LogP contribution in [0.25, 0.3) is 21.9 Å². The van der Waals surface area contributed by atoms with Gasteiger partial charge in [0.05, 0.1) is 17.9 Å². The van der Waals surface area contributed by atoms with Crippen molar-refractivity contribution in [1.82, 2.24) is 10.3 Å². The Kier molecular flexibility index (Phi) is 3.55. The van der Waals surface area contributed by atoms with Gasteiger partial charge in [-0.15, -0.1) is 0 Å². The van der Waals surface area contributed by atoms with E-state index in [1.54, 1.807) is 18.4 Å². The van der Waals surface area contributed by atoms with Crippen LogP contribution in [0, 0.1) is 0 Å². The van der Waals surface area contributed by atoms with E-state index in [0.29, 0.717) is 11.3 Å². The number of carbonyl (C=O) groups excluding carboxylic acids is 1. The maximum absolute atomic E-state index is 12.2. The summed E-state index contributed by atoms with van der Waals surface area (Å²) in [6.45, 7) is 0.136. The Balaban J connectivity index is 1.45. The number of hydrogen-bond acceptors (Lipinski definition) is 3. The van der Waals surface area contributed by atoms with Crippen LogP contribution >= 0.6 is 0 Å². The van der Waals surface area contributed by atoms with Gasteiger partial charge < -0.3 is 19.8 Å². The predicted octanol–water partition coefficient (Wildman–Crippen LogP) is 3.38. The molecule has 0 fully saturated rings. The van der Waals surface area contributed by atoms with Crippen LogP contribution in [-0.2, 0) is 0 Å². The highest BCUT2D eigenvalue weighted by Gasteiger charge is 2.14. The van der Waals surface area contributed by atoms with Gasteiger partial charge in [-0.1, -0.05) is 36.4 Å². The van der Waals surface area contributed by atoms with E-state index in [9.17, 15) is 9.90 Å². The first kappa shape index (κ1) is 14.5. The third kappa shape index (κ3) is 2.66. The lowest BCUT2D eigenvalue weighted by Crippen LogP contribution is -2.28. The number of furan rings is 1. The van der Waals surface area contributed by atoms with E-state index in [4.69, 9.17) is 4.42 Å². The van der Waals surface area contributed by atoms with Gasteiger partial charge in [-0.3, -0.25) is 4.79 Å². The quantitative estimate of drug-likeness (QED) is 0.539. The number of fused-ring (bicyclic) bond motifs is 2. The standard InChI is InChI=1S/C19H16N2O3/c22-17(14-6-5-12-3-1-2-4-13(12)9-14)11-20-19(23)16-10-18-15(21-16)7-8-24-18/h1-10,17,21-22H,11H2,(H,20,23). The zero-order valence-electron chi connectivity index (χ0n) is 12.8. The Bertz CT molecular complexity index is 987. The summed E-state index contributed by atoms with van der Waals surface area (Å²) in [7, 11) is 0. The average Bonchev–Trinajstić information content (AvgIpc) is 3.21. The number of aromatic amines is 1. The summed E-state index contributed by atoms with van der Waals surface area (Å²) in [4.78, 5) is 15.1. The van der Waals surface area contributed by atoms with Crippen molar-refractivity contribution in [1.29, 1.82) is 0 Å². The van der Waals surface area contributed by atoms with E-state index >= 15 is 0 Å². The summed E-state index contributed by atoms with van der Waals surface area (Å²) in [6.07, 6.45) is 0.795. The SMILES string of the molecule is O=C(NCC(O)c1ccc2ccccc2c1)c1cc2occc2[nH]1. The second-order valence-corrected chi connectivity index (χ2v) is 5.71. The molecule has 4 aromatic rings. The summed E-state index contributed by atoms with van der Waals surface area (Å²) in [5.41, 5.74) is 2.59. The molecule has 2 aromatic heterocycles. The first-order chi connectivity index (χ1) is 11.7. The van der Waals surface area contributed by atoms with Crippen LogP contribution in [0.5, 0.6) is 0 Å². The highest BCUT2D eigenvalue weighted by Crippen LogP contribution is 2.20. The molecule has 0 aliphatic heterocycles. The normalized spacial score (nSPS) is 12.5. The molecule has 0 aliphatic carbocycles. The molecule has 1 unspecified atom stereocenters. The van der Waals surface area contributed by atoms with Crippen molar-refractivity contribution in [3.8, 4) is 0 Å². The van der Waals surface area contributed by atoms with Gasteiger partial charge in [-0.25, -0.2) is 0 Å². The Hall–Kier alpha value is -3.05. The van der Waals surface area contributed by atoms with Crippen molar-refractivity contribution in [3.63, 3.8) is 0 Å². The summed E-state index contributed by atoms with van der Waals surface area (Å²) in [6, 6.07) is 17.1. The topological polar surface area (TPSA) is 78.3 Å². The molecule has 24 heavy (non-hydrogen) atoms. The average molecular weight is 320 g/mol. The Morgan fingerprint density at radius 1 is 1.12 bits per heavy atom. The van der Waals surface area contributed by atoms with E-state index in [1.165, 1.54) is 0 Å². The van der Waals surface area contributed by atoms with Crippen LogP contribution in [0.2, 0.25) is 0 Å². The minimum absolute atomic E-state index is 0.136. The Morgan fingerprint density at radius 3 is 2.79 bits per heavy atom. The number of carbonyl (C=O) groups is 1. The third-order valence-corrected chi connectivity index (χ3v) is 4.10. The smallest absolute Gasteiger partial charge is 0.267 e. The van der Waals surface area contributed by atoms with Gasteiger partial charge in [0.1, 0.15) is 5.69 Å². The highest BCUT2D eigenvalue weighted by molar-refractivity contribution is 5.96. The maximum atomic E-state index is 12.2. The number of benzene rings is 2. The molecular formula is C19H16N2O3. The van der Waals surface area contributed by atoms with Crippen LogP contribution in [-0.4, -0.2) is 22.5 Å². The van der Waals surface area contributed by atoms with Crippen molar-refractivity contribution in [2.24, 2.45) is 0 Å². The van der Waals surface area contributed by atoms with Gasteiger partial charge in [0.2, 0.25) is 0 Å². The zero-order chi connectivity index (χ0) is 16.5. The number of hydrogen-bond donors (Lipinski definition) is 3. The molecule has 5 nitrogen and oxygen atoms in total. The summed E-state index contributed by atoms with van der Waals surface area (Å²) >= 11 is 0. The van der Waals surface area contributed by atoms with Crippen molar-refractivity contribution < 1.29 is 14.3 Å². The lowest BCUT2D eigenvalue weighted by molar-refractivity contribution is 0.0912. The molecule has 5 heteroatoms. The Morgan fingerprint density at radius 2 is 1.96 bits per heavy atom. The van der Waals surface area contributed by atoms with Gasteiger partial charge in [-0.05, 0) is 22.4 Å². The number of H-pyrrole nitrogens is 1. The molecule has 0 saturated carbocycles. The summed E-state index contributed by atoms with van der Waals surface area (Å²) in [5.74, 6) is -0.277. The molecule has 0 aliphatic rings. The molecule has 3 N–H and O–H groups in total. The fourth-order valence-electron chi connectivity index (χ4n) is 2.79. The molecule has 1 amide bonds. The van der Waals surface area contributed by atoms with Crippen LogP contribution in [0.3, 0.4) is 0 Å². The van der Waals surface area contributed by atoms with Crippen molar-refractivity contribution in [2.45, 2.75) is 6.10 Å². The second kappa shape index (κ2) is 5.86. The third-order valence-electron chi connectivity index (χ3n) is 4.10. The molecule has 1 atom stereocenters. The molecule has 0 bridgehead atoms. The van der Waals surface area contributed by atoms with E-state index in [-0.39, 0.29) is 12.5 Å². The number of aliphatic hydroxyl groups is 1. The van der Waals surface area contributed by atoms with E-state index in [1.807, 2.05) is 42.5 Å². The minimum Gasteiger partial charge on any atom is -0.463 e. The van der Waals surface area contributed by atoms with Gasteiger partial charge in [-0.2, -0.15) is 0 Å².